The van der Waals surface area contributed by atoms with Gasteiger partial charge in [-0.1, -0.05) is 25.4 Å². The number of amides is 1. The fourth-order valence-electron chi connectivity index (χ4n) is 2.74. The summed E-state index contributed by atoms with van der Waals surface area (Å²) in [5, 5.41) is 14.0. The third-order valence-electron chi connectivity index (χ3n) is 4.34. The van der Waals surface area contributed by atoms with E-state index in [2.05, 4.69) is 19.2 Å². The summed E-state index contributed by atoms with van der Waals surface area (Å²) in [5.41, 5.74) is 0.0346. The average Bonchev–Trinajstić information content (AvgIpc) is 2.43. The summed E-state index contributed by atoms with van der Waals surface area (Å²) in [4.78, 5) is 22.5. The highest BCUT2D eigenvalue weighted by atomic mass is 35.5. The topological polar surface area (TPSA) is 72.2 Å². The Kier molecular flexibility index (Phi) is 4.83. The number of nitrogens with zero attached hydrogens (tertiary/aromatic N) is 1. The van der Waals surface area contributed by atoms with Gasteiger partial charge in [-0.05, 0) is 37.2 Å². The van der Waals surface area contributed by atoms with Crippen molar-refractivity contribution in [1.82, 2.24) is 5.32 Å². The van der Waals surface area contributed by atoms with Gasteiger partial charge in [0.2, 0.25) is 0 Å². The zero-order valence-electron chi connectivity index (χ0n) is 12.1. The zero-order valence-corrected chi connectivity index (χ0v) is 12.9. The summed E-state index contributed by atoms with van der Waals surface area (Å²) < 4.78 is 0. The van der Waals surface area contributed by atoms with Crippen molar-refractivity contribution in [3.8, 4) is 0 Å². The van der Waals surface area contributed by atoms with Gasteiger partial charge in [0, 0.05) is 18.2 Å². The number of hydrogen-bond acceptors (Lipinski definition) is 3. The summed E-state index contributed by atoms with van der Waals surface area (Å²) in [5.74, 6) is 0.889. The summed E-state index contributed by atoms with van der Waals surface area (Å²) in [6.45, 7) is 4.41. The SMILES string of the molecule is CC1CCC(NC(=O)c2cc([N+](=O)[O-])ccc2Cl)CC1C. The molecule has 1 fully saturated rings. The van der Waals surface area contributed by atoms with Gasteiger partial charge in [0.15, 0.2) is 0 Å². The molecule has 1 amide bonds. The summed E-state index contributed by atoms with van der Waals surface area (Å²) in [6.07, 6.45) is 2.94. The number of benzene rings is 1. The van der Waals surface area contributed by atoms with Crippen molar-refractivity contribution >= 4 is 23.2 Å². The first kappa shape index (κ1) is 15.8. The quantitative estimate of drug-likeness (QED) is 0.681. The Balaban J connectivity index is 2.10. The van der Waals surface area contributed by atoms with Crippen molar-refractivity contribution in [3.63, 3.8) is 0 Å². The first-order valence-corrected chi connectivity index (χ1v) is 7.51. The van der Waals surface area contributed by atoms with Crippen molar-refractivity contribution in [2.45, 2.75) is 39.2 Å². The molecule has 3 unspecified atom stereocenters. The van der Waals surface area contributed by atoms with E-state index < -0.39 is 4.92 Å². The molecule has 1 N–H and O–H groups in total. The van der Waals surface area contributed by atoms with Crippen LogP contribution in [0.2, 0.25) is 5.02 Å². The molecule has 1 aromatic rings. The normalized spacial score (nSPS) is 25.4. The van der Waals surface area contributed by atoms with Gasteiger partial charge in [-0.25, -0.2) is 0 Å². The molecule has 5 nitrogen and oxygen atoms in total. The van der Waals surface area contributed by atoms with Crippen LogP contribution < -0.4 is 5.32 Å². The van der Waals surface area contributed by atoms with E-state index in [9.17, 15) is 14.9 Å². The van der Waals surface area contributed by atoms with E-state index in [4.69, 9.17) is 11.6 Å². The van der Waals surface area contributed by atoms with E-state index in [0.717, 1.165) is 19.3 Å². The number of carbonyl (C=O) groups is 1. The standard InChI is InChI=1S/C15H19ClN2O3/c1-9-3-4-11(7-10(9)2)17-15(19)13-8-12(18(20)21)5-6-14(13)16/h5-6,8-11H,3-4,7H2,1-2H3,(H,17,19). The second-order valence-electron chi connectivity index (χ2n) is 5.86. The average molecular weight is 311 g/mol. The molecule has 3 atom stereocenters. The summed E-state index contributed by atoms with van der Waals surface area (Å²) in [6, 6.07) is 4.02. The lowest BCUT2D eigenvalue weighted by Gasteiger charge is -2.32. The second-order valence-corrected chi connectivity index (χ2v) is 6.27. The van der Waals surface area contributed by atoms with Crippen molar-refractivity contribution in [2.75, 3.05) is 0 Å². The molecule has 0 radical (unpaired) electrons. The van der Waals surface area contributed by atoms with Gasteiger partial charge in [-0.2, -0.15) is 0 Å². The molecule has 1 saturated carbocycles. The molecule has 0 aromatic heterocycles. The predicted octanol–water partition coefficient (Wildman–Crippen LogP) is 3.80. The summed E-state index contributed by atoms with van der Waals surface area (Å²) in [7, 11) is 0. The minimum absolute atomic E-state index is 0.110. The molecule has 0 bridgehead atoms. The van der Waals surface area contributed by atoms with Crippen LogP contribution in [-0.2, 0) is 0 Å². The van der Waals surface area contributed by atoms with Gasteiger partial charge in [0.1, 0.15) is 0 Å². The molecule has 21 heavy (non-hydrogen) atoms. The number of hydrogen-bond donors (Lipinski definition) is 1. The second kappa shape index (κ2) is 6.43. The predicted molar refractivity (Wildman–Crippen MR) is 81.5 cm³/mol. The summed E-state index contributed by atoms with van der Waals surface area (Å²) >= 11 is 5.98. The maximum absolute atomic E-state index is 12.3. The Morgan fingerprint density at radius 1 is 1.33 bits per heavy atom. The number of nitrogens with one attached hydrogen (secondary N) is 1. The van der Waals surface area contributed by atoms with Crippen LogP contribution >= 0.6 is 11.6 Å². The van der Waals surface area contributed by atoms with Crippen molar-refractivity contribution in [1.29, 1.82) is 0 Å². The zero-order chi connectivity index (χ0) is 15.6. The Morgan fingerprint density at radius 3 is 2.67 bits per heavy atom. The number of nitro benzene ring substituents is 1. The third kappa shape index (κ3) is 3.73. The highest BCUT2D eigenvalue weighted by molar-refractivity contribution is 6.33. The molecule has 1 aromatic carbocycles. The molecule has 2 rings (SSSR count). The number of nitro groups is 1. The van der Waals surface area contributed by atoms with E-state index in [-0.39, 0.29) is 28.2 Å². The highest BCUT2D eigenvalue weighted by Crippen LogP contribution is 2.30. The molecule has 0 spiro atoms. The Labute approximate surface area is 128 Å². The first-order valence-electron chi connectivity index (χ1n) is 7.13. The largest absolute Gasteiger partial charge is 0.349 e. The van der Waals surface area contributed by atoms with Crippen molar-refractivity contribution in [3.05, 3.63) is 38.9 Å². The van der Waals surface area contributed by atoms with Crippen molar-refractivity contribution < 1.29 is 9.72 Å². The number of non-ortho nitro benzene ring substituents is 1. The van der Waals surface area contributed by atoms with E-state index in [1.54, 1.807) is 0 Å². The third-order valence-corrected chi connectivity index (χ3v) is 4.67. The number of halogens is 1. The molecular weight excluding hydrogens is 292 g/mol. The minimum Gasteiger partial charge on any atom is -0.349 e. The number of rotatable bonds is 3. The lowest BCUT2D eigenvalue weighted by atomic mass is 9.79. The van der Waals surface area contributed by atoms with Gasteiger partial charge in [-0.15, -0.1) is 0 Å². The van der Waals surface area contributed by atoms with Gasteiger partial charge >= 0.3 is 0 Å². The Morgan fingerprint density at radius 2 is 2.05 bits per heavy atom. The van der Waals surface area contributed by atoms with E-state index in [0.29, 0.717) is 11.8 Å². The lowest BCUT2D eigenvalue weighted by Crippen LogP contribution is -2.39. The fourth-order valence-corrected chi connectivity index (χ4v) is 2.95. The molecule has 1 aliphatic rings. The molecule has 0 saturated heterocycles. The van der Waals surface area contributed by atoms with Crippen LogP contribution in [0.15, 0.2) is 18.2 Å². The minimum atomic E-state index is -0.530. The van der Waals surface area contributed by atoms with Gasteiger partial charge in [0.25, 0.3) is 11.6 Å². The molecule has 0 heterocycles. The molecule has 1 aliphatic carbocycles. The van der Waals surface area contributed by atoms with Crippen LogP contribution in [0.4, 0.5) is 5.69 Å². The van der Waals surface area contributed by atoms with Crippen molar-refractivity contribution in [2.24, 2.45) is 11.8 Å². The fraction of sp³-hybridized carbons (Fsp3) is 0.533. The molecule has 114 valence electrons. The van der Waals surface area contributed by atoms with Crippen LogP contribution in [0.1, 0.15) is 43.5 Å². The van der Waals surface area contributed by atoms with Gasteiger partial charge in [0.05, 0.1) is 15.5 Å². The molecular formula is C15H19ClN2O3. The smallest absolute Gasteiger partial charge is 0.270 e. The van der Waals surface area contributed by atoms with E-state index >= 15 is 0 Å². The van der Waals surface area contributed by atoms with Gasteiger partial charge in [-0.3, -0.25) is 14.9 Å². The Bertz CT molecular complexity index is 562. The maximum Gasteiger partial charge on any atom is 0.270 e. The monoisotopic (exact) mass is 310 g/mol. The van der Waals surface area contributed by atoms with Crippen LogP contribution in [0.25, 0.3) is 0 Å². The van der Waals surface area contributed by atoms with Crippen LogP contribution in [-0.4, -0.2) is 16.9 Å². The van der Waals surface area contributed by atoms with Crippen LogP contribution in [0.3, 0.4) is 0 Å². The molecule has 0 aliphatic heterocycles. The lowest BCUT2D eigenvalue weighted by molar-refractivity contribution is -0.384. The number of carbonyl (C=O) groups excluding carboxylic acids is 1. The molecule has 6 heteroatoms. The van der Waals surface area contributed by atoms with Crippen LogP contribution in [0.5, 0.6) is 0 Å². The maximum atomic E-state index is 12.3. The van der Waals surface area contributed by atoms with Crippen LogP contribution in [0, 0.1) is 22.0 Å². The van der Waals surface area contributed by atoms with E-state index in [1.807, 2.05) is 0 Å². The van der Waals surface area contributed by atoms with E-state index in [1.165, 1.54) is 18.2 Å². The first-order chi connectivity index (χ1) is 9.88. The highest BCUT2D eigenvalue weighted by Gasteiger charge is 2.26. The van der Waals surface area contributed by atoms with Gasteiger partial charge < -0.3 is 5.32 Å². The Hall–Kier alpha value is -1.62.